The van der Waals surface area contributed by atoms with Gasteiger partial charge < -0.3 is 9.80 Å². The third-order valence-corrected chi connectivity index (χ3v) is 4.12. The number of unbranched alkanes of at least 4 members (excludes halogenated alkanes) is 7. The van der Waals surface area contributed by atoms with E-state index in [2.05, 4.69) is 50.0 Å². The van der Waals surface area contributed by atoms with Crippen molar-refractivity contribution in [1.82, 2.24) is 9.80 Å². The minimum atomic E-state index is 0.574. The van der Waals surface area contributed by atoms with Gasteiger partial charge in [0.15, 0.2) is 0 Å². The fourth-order valence-electron chi connectivity index (χ4n) is 3.09. The maximum absolute atomic E-state index is 2.52. The average Bonchev–Trinajstić information content (AvgIpc) is 2.74. The SMILES string of the molecule is CCCCCCCCCCN1C=CN(C)C1C(C)C. The van der Waals surface area contributed by atoms with E-state index in [0.29, 0.717) is 12.1 Å². The lowest BCUT2D eigenvalue weighted by atomic mass is 10.1. The summed E-state index contributed by atoms with van der Waals surface area (Å²) in [4.78, 5) is 4.86. The van der Waals surface area contributed by atoms with Crippen LogP contribution in [0.5, 0.6) is 0 Å². The predicted octanol–water partition coefficient (Wildman–Crippen LogP) is 4.83. The van der Waals surface area contributed by atoms with Crippen molar-refractivity contribution in [3.8, 4) is 0 Å². The average molecular weight is 266 g/mol. The lowest BCUT2D eigenvalue weighted by Gasteiger charge is -2.33. The molecule has 19 heavy (non-hydrogen) atoms. The summed E-state index contributed by atoms with van der Waals surface area (Å²) in [5.74, 6) is 0.689. The van der Waals surface area contributed by atoms with E-state index in [1.807, 2.05) is 0 Å². The van der Waals surface area contributed by atoms with Crippen molar-refractivity contribution in [3.63, 3.8) is 0 Å². The minimum Gasteiger partial charge on any atom is -0.359 e. The highest BCUT2D eigenvalue weighted by atomic mass is 15.4. The quantitative estimate of drug-likeness (QED) is 0.523. The first-order chi connectivity index (χ1) is 9.16. The topological polar surface area (TPSA) is 6.48 Å². The predicted molar refractivity (Wildman–Crippen MR) is 84.8 cm³/mol. The molecule has 2 nitrogen and oxygen atoms in total. The number of hydrogen-bond acceptors (Lipinski definition) is 2. The zero-order chi connectivity index (χ0) is 14.1. The van der Waals surface area contributed by atoms with Gasteiger partial charge in [0, 0.05) is 26.0 Å². The van der Waals surface area contributed by atoms with E-state index < -0.39 is 0 Å². The summed E-state index contributed by atoms with van der Waals surface area (Å²) in [5, 5.41) is 0. The van der Waals surface area contributed by atoms with Crippen LogP contribution >= 0.6 is 0 Å². The van der Waals surface area contributed by atoms with Gasteiger partial charge in [-0.1, -0.05) is 65.7 Å². The molecule has 0 N–H and O–H groups in total. The zero-order valence-electron chi connectivity index (χ0n) is 13.6. The second kappa shape index (κ2) is 9.28. The molecule has 0 aliphatic carbocycles. The molecule has 0 spiro atoms. The van der Waals surface area contributed by atoms with Crippen molar-refractivity contribution in [2.75, 3.05) is 13.6 Å². The van der Waals surface area contributed by atoms with Crippen LogP contribution in [0.4, 0.5) is 0 Å². The van der Waals surface area contributed by atoms with Crippen LogP contribution in [0, 0.1) is 5.92 Å². The van der Waals surface area contributed by atoms with Gasteiger partial charge >= 0.3 is 0 Å². The fourth-order valence-corrected chi connectivity index (χ4v) is 3.09. The molecule has 1 heterocycles. The van der Waals surface area contributed by atoms with Crippen molar-refractivity contribution in [2.24, 2.45) is 5.92 Å². The van der Waals surface area contributed by atoms with Crippen LogP contribution in [0.1, 0.15) is 72.1 Å². The summed E-state index contributed by atoms with van der Waals surface area (Å²) >= 11 is 0. The van der Waals surface area contributed by atoms with Crippen LogP contribution in [0.3, 0.4) is 0 Å². The summed E-state index contributed by atoms with van der Waals surface area (Å²) in [6, 6.07) is 0. The molecule has 1 aliphatic rings. The Morgan fingerprint density at radius 3 is 2.05 bits per heavy atom. The molecule has 2 heteroatoms. The maximum Gasteiger partial charge on any atom is 0.103 e. The first-order valence-electron chi connectivity index (χ1n) is 8.32. The second-order valence-electron chi connectivity index (χ2n) is 6.33. The van der Waals surface area contributed by atoms with Crippen molar-refractivity contribution in [1.29, 1.82) is 0 Å². The monoisotopic (exact) mass is 266 g/mol. The molecule has 0 aromatic heterocycles. The Kier molecular flexibility index (Phi) is 8.00. The Morgan fingerprint density at radius 1 is 0.895 bits per heavy atom. The molecule has 0 saturated carbocycles. The van der Waals surface area contributed by atoms with E-state index in [1.54, 1.807) is 0 Å². The maximum atomic E-state index is 2.52. The van der Waals surface area contributed by atoms with Gasteiger partial charge in [-0.05, 0) is 12.3 Å². The van der Waals surface area contributed by atoms with Gasteiger partial charge in [-0.2, -0.15) is 0 Å². The second-order valence-corrected chi connectivity index (χ2v) is 6.33. The highest BCUT2D eigenvalue weighted by Gasteiger charge is 2.25. The Morgan fingerprint density at radius 2 is 1.47 bits per heavy atom. The molecule has 0 saturated heterocycles. The normalized spacial score (nSPS) is 18.9. The summed E-state index contributed by atoms with van der Waals surface area (Å²) in [6.45, 7) is 8.13. The Hall–Kier alpha value is -0.660. The Labute approximate surface area is 120 Å². The Bertz CT molecular complexity index is 248. The van der Waals surface area contributed by atoms with Gasteiger partial charge in [0.05, 0.1) is 0 Å². The van der Waals surface area contributed by atoms with Gasteiger partial charge in [-0.3, -0.25) is 0 Å². The van der Waals surface area contributed by atoms with E-state index in [-0.39, 0.29) is 0 Å². The van der Waals surface area contributed by atoms with Crippen molar-refractivity contribution in [3.05, 3.63) is 12.4 Å². The third-order valence-electron chi connectivity index (χ3n) is 4.12. The highest BCUT2D eigenvalue weighted by molar-refractivity contribution is 4.96. The first kappa shape index (κ1) is 16.4. The fraction of sp³-hybridized carbons (Fsp3) is 0.882. The molecule has 0 bridgehead atoms. The molecule has 0 fully saturated rings. The van der Waals surface area contributed by atoms with Crippen LogP contribution in [0.15, 0.2) is 12.4 Å². The van der Waals surface area contributed by atoms with Gasteiger partial charge in [0.2, 0.25) is 0 Å². The summed E-state index contributed by atoms with van der Waals surface area (Å²) in [7, 11) is 2.19. The molecular weight excluding hydrogens is 232 g/mol. The smallest absolute Gasteiger partial charge is 0.103 e. The number of rotatable bonds is 10. The molecule has 0 radical (unpaired) electrons. The highest BCUT2D eigenvalue weighted by Crippen LogP contribution is 2.21. The van der Waals surface area contributed by atoms with Crippen LogP contribution in [-0.2, 0) is 0 Å². The first-order valence-corrected chi connectivity index (χ1v) is 8.32. The van der Waals surface area contributed by atoms with Gasteiger partial charge in [0.25, 0.3) is 0 Å². The summed E-state index contributed by atoms with van der Waals surface area (Å²) < 4.78 is 0. The van der Waals surface area contributed by atoms with Crippen molar-refractivity contribution >= 4 is 0 Å². The van der Waals surface area contributed by atoms with Crippen LogP contribution in [0.2, 0.25) is 0 Å². The van der Waals surface area contributed by atoms with Gasteiger partial charge in [-0.25, -0.2) is 0 Å². The van der Waals surface area contributed by atoms with E-state index in [4.69, 9.17) is 0 Å². The van der Waals surface area contributed by atoms with E-state index in [1.165, 1.54) is 57.9 Å². The van der Waals surface area contributed by atoms with Crippen LogP contribution in [0.25, 0.3) is 0 Å². The van der Waals surface area contributed by atoms with E-state index in [0.717, 1.165) is 0 Å². The van der Waals surface area contributed by atoms with E-state index in [9.17, 15) is 0 Å². The number of hydrogen-bond donors (Lipinski definition) is 0. The largest absolute Gasteiger partial charge is 0.359 e. The third kappa shape index (κ3) is 5.88. The minimum absolute atomic E-state index is 0.574. The molecule has 1 unspecified atom stereocenters. The molecule has 112 valence electrons. The van der Waals surface area contributed by atoms with Crippen molar-refractivity contribution in [2.45, 2.75) is 78.3 Å². The van der Waals surface area contributed by atoms with Crippen LogP contribution < -0.4 is 0 Å². The zero-order valence-corrected chi connectivity index (χ0v) is 13.6. The molecule has 1 rings (SSSR count). The van der Waals surface area contributed by atoms with Crippen molar-refractivity contribution < 1.29 is 0 Å². The van der Waals surface area contributed by atoms with Gasteiger partial charge in [0.1, 0.15) is 6.17 Å². The standard InChI is InChI=1S/C17H34N2/c1-5-6-7-8-9-10-11-12-13-19-15-14-18(4)17(19)16(2)3/h14-17H,5-13H2,1-4H3. The number of nitrogens with zero attached hydrogens (tertiary/aromatic N) is 2. The molecular formula is C17H34N2. The lowest BCUT2D eigenvalue weighted by Crippen LogP contribution is -2.41. The van der Waals surface area contributed by atoms with E-state index >= 15 is 0 Å². The van der Waals surface area contributed by atoms with Gasteiger partial charge in [-0.15, -0.1) is 0 Å². The molecule has 1 aliphatic heterocycles. The molecule has 0 amide bonds. The Balaban J connectivity index is 2.04. The summed E-state index contributed by atoms with van der Waals surface area (Å²) in [6.07, 6.45) is 16.3. The molecule has 0 aromatic rings. The van der Waals surface area contributed by atoms with Crippen LogP contribution in [-0.4, -0.2) is 29.6 Å². The molecule has 0 aromatic carbocycles. The summed E-state index contributed by atoms with van der Waals surface area (Å²) in [5.41, 5.74) is 0. The lowest BCUT2D eigenvalue weighted by molar-refractivity contribution is 0.125. The molecule has 1 atom stereocenters.